The van der Waals surface area contributed by atoms with Crippen LogP contribution in [-0.4, -0.2) is 30.6 Å². The number of hydrogen-bond donors (Lipinski definition) is 0. The summed E-state index contributed by atoms with van der Waals surface area (Å²) in [6.45, 7) is 6.68. The van der Waals surface area contributed by atoms with Crippen LogP contribution in [0.3, 0.4) is 0 Å². The molecule has 0 bridgehead atoms. The van der Waals surface area contributed by atoms with E-state index in [1.807, 2.05) is 13.8 Å². The second-order valence-corrected chi connectivity index (χ2v) is 7.16. The predicted molar refractivity (Wildman–Crippen MR) is 65.8 cm³/mol. The van der Waals surface area contributed by atoms with Crippen LogP contribution in [0.25, 0.3) is 0 Å². The van der Waals surface area contributed by atoms with Gasteiger partial charge in [-0.25, -0.2) is 8.42 Å². The van der Waals surface area contributed by atoms with Crippen LogP contribution in [0.4, 0.5) is 0 Å². The Hall–Kier alpha value is -1.24. The predicted octanol–water partition coefficient (Wildman–Crippen LogP) is 1.50. The minimum Gasteiger partial charge on any atom is -0.339 e. The fraction of sp³-hybridized carbons (Fsp3) is 0.727. The second-order valence-electron chi connectivity index (χ2n) is 4.79. The second kappa shape index (κ2) is 5.17. The van der Waals surface area contributed by atoms with Crippen molar-refractivity contribution >= 4 is 15.6 Å². The minimum absolute atomic E-state index is 0.0179. The number of nitrogens with zero attached hydrogens (tertiary/aromatic N) is 2. The fourth-order valence-electron chi connectivity index (χ4n) is 1.66. The van der Waals surface area contributed by atoms with Crippen molar-refractivity contribution in [2.75, 3.05) is 6.26 Å². The molecule has 2 unspecified atom stereocenters. The largest absolute Gasteiger partial charge is 0.339 e. The smallest absolute Gasteiger partial charge is 0.237 e. The van der Waals surface area contributed by atoms with Crippen molar-refractivity contribution in [3.8, 4) is 0 Å². The monoisotopic (exact) mass is 274 g/mol. The quantitative estimate of drug-likeness (QED) is 0.808. The van der Waals surface area contributed by atoms with Gasteiger partial charge in [0.15, 0.2) is 15.7 Å². The Balaban J connectivity index is 3.10. The van der Waals surface area contributed by atoms with Crippen molar-refractivity contribution in [1.29, 1.82) is 0 Å². The van der Waals surface area contributed by atoms with Crippen LogP contribution in [0.1, 0.15) is 50.6 Å². The molecule has 18 heavy (non-hydrogen) atoms. The number of carbonyl (C=O) groups is 1. The van der Waals surface area contributed by atoms with Crippen LogP contribution >= 0.6 is 0 Å². The molecule has 0 aliphatic carbocycles. The lowest BCUT2D eigenvalue weighted by Crippen LogP contribution is -2.16. The normalized spacial score (nSPS) is 15.7. The van der Waals surface area contributed by atoms with Gasteiger partial charge in [-0.3, -0.25) is 4.79 Å². The Labute approximate surface area is 107 Å². The van der Waals surface area contributed by atoms with Crippen molar-refractivity contribution in [2.24, 2.45) is 5.92 Å². The maximum atomic E-state index is 11.5. The zero-order chi connectivity index (χ0) is 14.1. The summed E-state index contributed by atoms with van der Waals surface area (Å²) in [7, 11) is -3.28. The lowest BCUT2D eigenvalue weighted by atomic mass is 9.92. The number of Topliss-reactive ketones (excluding diaryl/α,β-unsaturated/α-hetero) is 1. The molecule has 6 nitrogen and oxygen atoms in total. The van der Waals surface area contributed by atoms with Gasteiger partial charge >= 0.3 is 0 Å². The van der Waals surface area contributed by atoms with E-state index in [-0.39, 0.29) is 23.4 Å². The molecule has 0 aliphatic rings. The molecule has 0 saturated carbocycles. The van der Waals surface area contributed by atoms with Crippen molar-refractivity contribution in [2.45, 2.75) is 38.9 Å². The molecule has 2 atom stereocenters. The van der Waals surface area contributed by atoms with Crippen LogP contribution in [0.5, 0.6) is 0 Å². The molecule has 1 heterocycles. The van der Waals surface area contributed by atoms with Crippen LogP contribution < -0.4 is 0 Å². The van der Waals surface area contributed by atoms with Gasteiger partial charge in [-0.05, 0) is 19.8 Å². The van der Waals surface area contributed by atoms with Gasteiger partial charge < -0.3 is 4.52 Å². The van der Waals surface area contributed by atoms with E-state index in [4.69, 9.17) is 4.52 Å². The highest BCUT2D eigenvalue weighted by Crippen LogP contribution is 2.26. The van der Waals surface area contributed by atoms with E-state index in [1.165, 1.54) is 13.8 Å². The Kier molecular flexibility index (Phi) is 4.26. The minimum atomic E-state index is -3.28. The third kappa shape index (κ3) is 3.16. The van der Waals surface area contributed by atoms with Crippen LogP contribution in [0.15, 0.2) is 4.52 Å². The first-order valence-electron chi connectivity index (χ1n) is 5.67. The van der Waals surface area contributed by atoms with Gasteiger partial charge in [-0.15, -0.1) is 0 Å². The molecule has 0 aliphatic heterocycles. The number of aromatic nitrogens is 2. The first-order chi connectivity index (χ1) is 8.14. The van der Waals surface area contributed by atoms with Crippen molar-refractivity contribution in [1.82, 2.24) is 10.1 Å². The van der Waals surface area contributed by atoms with Gasteiger partial charge in [-0.2, -0.15) is 4.98 Å². The average molecular weight is 274 g/mol. The van der Waals surface area contributed by atoms with E-state index in [1.54, 1.807) is 0 Å². The van der Waals surface area contributed by atoms with Gasteiger partial charge in [-0.1, -0.05) is 19.0 Å². The third-order valence-electron chi connectivity index (χ3n) is 2.83. The highest BCUT2D eigenvalue weighted by atomic mass is 32.2. The zero-order valence-electron chi connectivity index (χ0n) is 11.2. The SMILES string of the molecule is CC(=O)C(c1nc(C(C)S(C)(=O)=O)no1)C(C)C. The fourth-order valence-corrected chi connectivity index (χ4v) is 2.14. The van der Waals surface area contributed by atoms with E-state index in [0.717, 1.165) is 6.26 Å². The van der Waals surface area contributed by atoms with E-state index < -0.39 is 21.0 Å². The molecule has 0 N–H and O–H groups in total. The number of carbonyl (C=O) groups excluding carboxylic acids is 1. The van der Waals surface area contributed by atoms with Crippen LogP contribution in [-0.2, 0) is 14.6 Å². The molecular formula is C11H18N2O4S. The molecule has 0 aromatic carbocycles. The van der Waals surface area contributed by atoms with E-state index in [9.17, 15) is 13.2 Å². The first-order valence-corrected chi connectivity index (χ1v) is 7.62. The highest BCUT2D eigenvalue weighted by Gasteiger charge is 2.29. The molecule has 0 radical (unpaired) electrons. The number of ketones is 1. The number of rotatable bonds is 5. The molecule has 102 valence electrons. The van der Waals surface area contributed by atoms with E-state index in [0.29, 0.717) is 0 Å². The van der Waals surface area contributed by atoms with Gasteiger partial charge in [0.1, 0.15) is 11.0 Å². The first kappa shape index (κ1) is 14.8. The van der Waals surface area contributed by atoms with Gasteiger partial charge in [0, 0.05) is 6.26 Å². The zero-order valence-corrected chi connectivity index (χ0v) is 12.0. The van der Waals surface area contributed by atoms with Gasteiger partial charge in [0.25, 0.3) is 0 Å². The van der Waals surface area contributed by atoms with Crippen LogP contribution in [0.2, 0.25) is 0 Å². The molecule has 1 aromatic heterocycles. The summed E-state index contributed by atoms with van der Waals surface area (Å²) in [6.07, 6.45) is 1.11. The summed E-state index contributed by atoms with van der Waals surface area (Å²) in [5, 5.41) is 2.81. The average Bonchev–Trinajstić information content (AvgIpc) is 2.62. The van der Waals surface area contributed by atoms with Crippen LogP contribution in [0, 0.1) is 5.92 Å². The standard InChI is InChI=1S/C11H18N2O4S/c1-6(2)9(7(3)14)11-12-10(13-17-11)8(4)18(5,15)16/h6,8-9H,1-5H3. The summed E-state index contributed by atoms with van der Waals surface area (Å²) >= 11 is 0. The molecule has 0 amide bonds. The molecule has 0 saturated heterocycles. The highest BCUT2D eigenvalue weighted by molar-refractivity contribution is 7.90. The molecule has 7 heteroatoms. The maximum absolute atomic E-state index is 11.5. The summed E-state index contributed by atoms with van der Waals surface area (Å²) in [5.41, 5.74) is 0. The van der Waals surface area contributed by atoms with E-state index in [2.05, 4.69) is 10.1 Å². The Bertz CT molecular complexity index is 533. The van der Waals surface area contributed by atoms with E-state index >= 15 is 0 Å². The number of sulfone groups is 1. The summed E-state index contributed by atoms with van der Waals surface area (Å²) in [5.74, 6) is -0.267. The van der Waals surface area contributed by atoms with Crippen molar-refractivity contribution in [3.05, 3.63) is 11.7 Å². The maximum Gasteiger partial charge on any atom is 0.237 e. The molecule has 1 aromatic rings. The molecular weight excluding hydrogens is 256 g/mol. The molecule has 0 fully saturated rings. The van der Waals surface area contributed by atoms with Gasteiger partial charge in [0.05, 0.1) is 5.92 Å². The molecule has 1 rings (SSSR count). The van der Waals surface area contributed by atoms with Crippen molar-refractivity contribution < 1.29 is 17.7 Å². The summed E-state index contributed by atoms with van der Waals surface area (Å²) in [6, 6.07) is 0. The number of hydrogen-bond acceptors (Lipinski definition) is 6. The Morgan fingerprint density at radius 1 is 1.28 bits per heavy atom. The van der Waals surface area contributed by atoms with Crippen molar-refractivity contribution in [3.63, 3.8) is 0 Å². The summed E-state index contributed by atoms with van der Waals surface area (Å²) in [4.78, 5) is 15.6. The lowest BCUT2D eigenvalue weighted by molar-refractivity contribution is -0.119. The Morgan fingerprint density at radius 3 is 2.22 bits per heavy atom. The third-order valence-corrected chi connectivity index (χ3v) is 4.33. The topological polar surface area (TPSA) is 90.1 Å². The van der Waals surface area contributed by atoms with Gasteiger partial charge in [0.2, 0.25) is 5.89 Å². The summed E-state index contributed by atoms with van der Waals surface area (Å²) < 4.78 is 27.8. The Morgan fingerprint density at radius 2 is 1.83 bits per heavy atom. The lowest BCUT2D eigenvalue weighted by Gasteiger charge is -2.12. The molecule has 0 spiro atoms.